The minimum absolute atomic E-state index is 0.918. The minimum Gasteiger partial charge on any atom is -0.297 e. The molecule has 2 aromatic heterocycles. The number of thiazole rings is 1. The van der Waals surface area contributed by atoms with Crippen LogP contribution in [0, 0.1) is 6.92 Å². The maximum Gasteiger partial charge on any atom is 0.0794 e. The van der Waals surface area contributed by atoms with Crippen LogP contribution < -0.4 is 0 Å². The van der Waals surface area contributed by atoms with Crippen LogP contribution in [0.5, 0.6) is 0 Å². The molecule has 102 valence electrons. The minimum atomic E-state index is 0.918. The lowest BCUT2D eigenvalue weighted by Crippen LogP contribution is -2.17. The molecule has 3 nitrogen and oxygen atoms in total. The first kappa shape index (κ1) is 13.2. The molecule has 0 aliphatic carbocycles. The third kappa shape index (κ3) is 2.86. The quantitative estimate of drug-likeness (QED) is 0.732. The van der Waals surface area contributed by atoms with E-state index >= 15 is 0 Å². The van der Waals surface area contributed by atoms with Gasteiger partial charge in [-0.2, -0.15) is 0 Å². The normalized spacial score (nSPS) is 11.3. The smallest absolute Gasteiger partial charge is 0.0794 e. The monoisotopic (exact) mass is 283 g/mol. The van der Waals surface area contributed by atoms with E-state index in [0.29, 0.717) is 0 Å². The Kier molecular flexibility index (Phi) is 3.76. The van der Waals surface area contributed by atoms with E-state index in [1.807, 2.05) is 17.8 Å². The Hall–Kier alpha value is -1.78. The summed E-state index contributed by atoms with van der Waals surface area (Å²) in [7, 11) is 2.14. The van der Waals surface area contributed by atoms with E-state index in [1.54, 1.807) is 11.3 Å². The standard InChI is InChI=1S/C16H17N3S/c1-12-7-13(15-5-3-4-6-16(15)18-12)9-19(2)10-14-8-17-11-20-14/h3-8,11H,9-10H2,1-2H3. The van der Waals surface area contributed by atoms with Crippen LogP contribution in [-0.4, -0.2) is 21.9 Å². The molecule has 2 heterocycles. The lowest BCUT2D eigenvalue weighted by molar-refractivity contribution is 0.323. The largest absolute Gasteiger partial charge is 0.297 e. The molecular weight excluding hydrogens is 266 g/mol. The molecule has 0 unspecified atom stereocenters. The van der Waals surface area contributed by atoms with E-state index in [2.05, 4.69) is 53.1 Å². The fraction of sp³-hybridized carbons (Fsp3) is 0.250. The molecule has 0 atom stereocenters. The zero-order valence-corrected chi connectivity index (χ0v) is 12.5. The molecule has 0 saturated heterocycles. The Labute approximate surface area is 122 Å². The highest BCUT2D eigenvalue weighted by Gasteiger charge is 2.07. The first-order valence-electron chi connectivity index (χ1n) is 6.63. The molecule has 3 rings (SSSR count). The van der Waals surface area contributed by atoms with Crippen molar-refractivity contribution in [3.05, 3.63) is 58.2 Å². The molecule has 4 heteroatoms. The van der Waals surface area contributed by atoms with Gasteiger partial charge in [-0.25, -0.2) is 0 Å². The number of rotatable bonds is 4. The SMILES string of the molecule is Cc1cc(CN(C)Cc2cncs2)c2ccccc2n1. The Morgan fingerprint density at radius 1 is 1.20 bits per heavy atom. The molecule has 0 N–H and O–H groups in total. The zero-order chi connectivity index (χ0) is 13.9. The summed E-state index contributed by atoms with van der Waals surface area (Å²) < 4.78 is 0. The Balaban J connectivity index is 1.86. The molecule has 0 fully saturated rings. The molecule has 0 aliphatic rings. The fourth-order valence-corrected chi connectivity index (χ4v) is 3.13. The van der Waals surface area contributed by atoms with Crippen LogP contribution in [0.15, 0.2) is 42.0 Å². The van der Waals surface area contributed by atoms with Gasteiger partial charge in [-0.05, 0) is 31.7 Å². The molecular formula is C16H17N3S. The maximum atomic E-state index is 4.59. The van der Waals surface area contributed by atoms with Crippen molar-refractivity contribution >= 4 is 22.2 Å². The molecule has 3 aromatic rings. The van der Waals surface area contributed by atoms with E-state index in [1.165, 1.54) is 15.8 Å². The van der Waals surface area contributed by atoms with E-state index in [0.717, 1.165) is 24.3 Å². The topological polar surface area (TPSA) is 29.0 Å². The van der Waals surface area contributed by atoms with Crippen molar-refractivity contribution in [2.75, 3.05) is 7.05 Å². The summed E-state index contributed by atoms with van der Waals surface area (Å²) in [6, 6.07) is 10.5. The summed E-state index contributed by atoms with van der Waals surface area (Å²) in [4.78, 5) is 12.3. The van der Waals surface area contributed by atoms with Crippen molar-refractivity contribution in [1.29, 1.82) is 0 Å². The molecule has 0 saturated carbocycles. The first-order valence-corrected chi connectivity index (χ1v) is 7.51. The lowest BCUT2D eigenvalue weighted by atomic mass is 10.1. The Bertz CT molecular complexity index is 707. The fourth-order valence-electron chi connectivity index (χ4n) is 2.46. The van der Waals surface area contributed by atoms with Crippen LogP contribution in [0.1, 0.15) is 16.1 Å². The number of benzene rings is 1. The van der Waals surface area contributed by atoms with Crippen molar-refractivity contribution in [1.82, 2.24) is 14.9 Å². The highest BCUT2D eigenvalue weighted by molar-refractivity contribution is 7.09. The van der Waals surface area contributed by atoms with Gasteiger partial charge in [-0.1, -0.05) is 18.2 Å². The van der Waals surface area contributed by atoms with Crippen LogP contribution in [0.4, 0.5) is 0 Å². The molecule has 0 bridgehead atoms. The van der Waals surface area contributed by atoms with Gasteiger partial charge in [0.15, 0.2) is 0 Å². The number of nitrogens with zero attached hydrogens (tertiary/aromatic N) is 3. The Morgan fingerprint density at radius 3 is 2.85 bits per heavy atom. The van der Waals surface area contributed by atoms with Crippen LogP contribution >= 0.6 is 11.3 Å². The average molecular weight is 283 g/mol. The van der Waals surface area contributed by atoms with Crippen LogP contribution in [-0.2, 0) is 13.1 Å². The van der Waals surface area contributed by atoms with Gasteiger partial charge < -0.3 is 0 Å². The molecule has 0 amide bonds. The van der Waals surface area contributed by atoms with Gasteiger partial charge in [0.1, 0.15) is 0 Å². The molecule has 0 spiro atoms. The molecule has 0 aliphatic heterocycles. The van der Waals surface area contributed by atoms with Crippen molar-refractivity contribution in [2.45, 2.75) is 20.0 Å². The van der Waals surface area contributed by atoms with Gasteiger partial charge in [0.25, 0.3) is 0 Å². The number of hydrogen-bond acceptors (Lipinski definition) is 4. The summed E-state index contributed by atoms with van der Waals surface area (Å²) in [6.07, 6.45) is 1.94. The summed E-state index contributed by atoms with van der Waals surface area (Å²) in [5.74, 6) is 0. The second-order valence-electron chi connectivity index (χ2n) is 5.08. The van der Waals surface area contributed by atoms with Gasteiger partial charge in [0, 0.05) is 35.2 Å². The average Bonchev–Trinajstić information content (AvgIpc) is 2.91. The van der Waals surface area contributed by atoms with E-state index < -0.39 is 0 Å². The number of fused-ring (bicyclic) bond motifs is 1. The highest BCUT2D eigenvalue weighted by Crippen LogP contribution is 2.20. The van der Waals surface area contributed by atoms with Crippen LogP contribution in [0.25, 0.3) is 10.9 Å². The highest BCUT2D eigenvalue weighted by atomic mass is 32.1. The summed E-state index contributed by atoms with van der Waals surface area (Å²) in [6.45, 7) is 3.90. The van der Waals surface area contributed by atoms with Crippen molar-refractivity contribution < 1.29 is 0 Å². The first-order chi connectivity index (χ1) is 9.72. The second kappa shape index (κ2) is 5.69. The van der Waals surface area contributed by atoms with Gasteiger partial charge in [-0.15, -0.1) is 11.3 Å². The summed E-state index contributed by atoms with van der Waals surface area (Å²) in [5, 5.41) is 1.24. The number of aromatic nitrogens is 2. The Morgan fingerprint density at radius 2 is 2.05 bits per heavy atom. The van der Waals surface area contributed by atoms with Crippen LogP contribution in [0.3, 0.4) is 0 Å². The van der Waals surface area contributed by atoms with E-state index in [9.17, 15) is 0 Å². The van der Waals surface area contributed by atoms with E-state index in [-0.39, 0.29) is 0 Å². The van der Waals surface area contributed by atoms with Gasteiger partial charge in [-0.3, -0.25) is 14.9 Å². The predicted octanol–water partition coefficient (Wildman–Crippen LogP) is 3.63. The van der Waals surface area contributed by atoms with Crippen molar-refractivity contribution in [3.63, 3.8) is 0 Å². The second-order valence-corrected chi connectivity index (χ2v) is 6.05. The predicted molar refractivity (Wildman–Crippen MR) is 83.8 cm³/mol. The van der Waals surface area contributed by atoms with Crippen molar-refractivity contribution in [2.24, 2.45) is 0 Å². The zero-order valence-electron chi connectivity index (χ0n) is 11.7. The van der Waals surface area contributed by atoms with Gasteiger partial charge in [0.05, 0.1) is 11.0 Å². The lowest BCUT2D eigenvalue weighted by Gasteiger charge is -2.17. The molecule has 1 aromatic carbocycles. The summed E-state index contributed by atoms with van der Waals surface area (Å²) >= 11 is 1.70. The molecule has 20 heavy (non-hydrogen) atoms. The van der Waals surface area contributed by atoms with E-state index in [4.69, 9.17) is 0 Å². The van der Waals surface area contributed by atoms with Gasteiger partial charge in [0.2, 0.25) is 0 Å². The summed E-state index contributed by atoms with van der Waals surface area (Å²) in [5.41, 5.74) is 5.37. The van der Waals surface area contributed by atoms with Gasteiger partial charge >= 0.3 is 0 Å². The van der Waals surface area contributed by atoms with Crippen LogP contribution in [0.2, 0.25) is 0 Å². The number of para-hydroxylation sites is 1. The number of pyridine rings is 1. The third-order valence-corrected chi connectivity index (χ3v) is 4.04. The maximum absolute atomic E-state index is 4.59. The number of hydrogen-bond donors (Lipinski definition) is 0. The molecule has 0 radical (unpaired) electrons. The van der Waals surface area contributed by atoms with Crippen molar-refractivity contribution in [3.8, 4) is 0 Å². The third-order valence-electron chi connectivity index (χ3n) is 3.28. The number of aryl methyl sites for hydroxylation is 1.